The third kappa shape index (κ3) is 2.91. The number of carbonyl (C=O) groups is 1. The lowest BCUT2D eigenvalue weighted by Crippen LogP contribution is -2.53. The molecule has 1 fully saturated rings. The van der Waals surface area contributed by atoms with Crippen molar-refractivity contribution in [2.75, 3.05) is 13.1 Å². The Morgan fingerprint density at radius 3 is 2.35 bits per heavy atom. The first-order valence-electron chi connectivity index (χ1n) is 7.65. The Morgan fingerprint density at radius 1 is 1.20 bits per heavy atom. The van der Waals surface area contributed by atoms with Gasteiger partial charge < -0.3 is 0 Å². The summed E-state index contributed by atoms with van der Waals surface area (Å²) >= 11 is 6.20. The highest BCUT2D eigenvalue weighted by atomic mass is 35.5. The summed E-state index contributed by atoms with van der Waals surface area (Å²) in [5, 5.41) is 0.702. The van der Waals surface area contributed by atoms with E-state index in [2.05, 4.69) is 18.7 Å². The molecular weight excluding hydrogens is 270 g/mol. The molecule has 1 saturated carbocycles. The SMILES string of the molecule is CCN(CC)C1(C(=O)Cc2ccccc2Cl)CCCC1. The van der Waals surface area contributed by atoms with Crippen molar-refractivity contribution in [2.24, 2.45) is 0 Å². The van der Waals surface area contributed by atoms with Gasteiger partial charge in [-0.15, -0.1) is 0 Å². The van der Waals surface area contributed by atoms with E-state index in [0.717, 1.165) is 44.3 Å². The van der Waals surface area contributed by atoms with E-state index >= 15 is 0 Å². The fraction of sp³-hybridized carbons (Fsp3) is 0.588. The summed E-state index contributed by atoms with van der Waals surface area (Å²) in [6.07, 6.45) is 4.77. The molecule has 1 aliphatic carbocycles. The van der Waals surface area contributed by atoms with E-state index in [-0.39, 0.29) is 5.54 Å². The van der Waals surface area contributed by atoms with E-state index in [1.807, 2.05) is 24.3 Å². The molecule has 2 nitrogen and oxygen atoms in total. The van der Waals surface area contributed by atoms with E-state index in [4.69, 9.17) is 11.6 Å². The molecule has 0 heterocycles. The molecule has 1 aliphatic rings. The van der Waals surface area contributed by atoms with Crippen molar-refractivity contribution in [3.8, 4) is 0 Å². The third-order valence-electron chi connectivity index (χ3n) is 4.63. The van der Waals surface area contributed by atoms with Gasteiger partial charge in [0, 0.05) is 11.4 Å². The fourth-order valence-corrected chi connectivity index (χ4v) is 3.74. The van der Waals surface area contributed by atoms with Crippen molar-refractivity contribution in [3.63, 3.8) is 0 Å². The predicted molar refractivity (Wildman–Crippen MR) is 84.3 cm³/mol. The van der Waals surface area contributed by atoms with Crippen LogP contribution in [-0.2, 0) is 11.2 Å². The van der Waals surface area contributed by atoms with E-state index in [0.29, 0.717) is 17.2 Å². The number of hydrogen-bond donors (Lipinski definition) is 0. The van der Waals surface area contributed by atoms with Crippen molar-refractivity contribution >= 4 is 17.4 Å². The zero-order valence-corrected chi connectivity index (χ0v) is 13.2. The van der Waals surface area contributed by atoms with Gasteiger partial charge in [-0.3, -0.25) is 9.69 Å². The third-order valence-corrected chi connectivity index (χ3v) is 5.00. The molecule has 0 unspecified atom stereocenters. The van der Waals surface area contributed by atoms with Crippen LogP contribution in [0.3, 0.4) is 0 Å². The maximum atomic E-state index is 12.9. The number of ketones is 1. The first-order chi connectivity index (χ1) is 9.64. The van der Waals surface area contributed by atoms with Crippen molar-refractivity contribution < 1.29 is 4.79 Å². The number of benzene rings is 1. The first-order valence-corrected chi connectivity index (χ1v) is 8.03. The second-order valence-corrected chi connectivity index (χ2v) is 6.01. The predicted octanol–water partition coefficient (Wildman–Crippen LogP) is 4.11. The summed E-state index contributed by atoms with van der Waals surface area (Å²) in [5.41, 5.74) is 0.709. The summed E-state index contributed by atoms with van der Waals surface area (Å²) in [4.78, 5) is 15.3. The van der Waals surface area contributed by atoms with E-state index in [9.17, 15) is 4.79 Å². The summed E-state index contributed by atoms with van der Waals surface area (Å²) in [5.74, 6) is 0.340. The maximum Gasteiger partial charge on any atom is 0.157 e. The van der Waals surface area contributed by atoms with Gasteiger partial charge in [0.2, 0.25) is 0 Å². The molecule has 0 amide bonds. The van der Waals surface area contributed by atoms with Gasteiger partial charge in [-0.25, -0.2) is 0 Å². The summed E-state index contributed by atoms with van der Waals surface area (Å²) < 4.78 is 0. The van der Waals surface area contributed by atoms with Gasteiger partial charge in [-0.2, -0.15) is 0 Å². The summed E-state index contributed by atoms with van der Waals surface area (Å²) in [6.45, 7) is 6.16. The van der Waals surface area contributed by atoms with Crippen molar-refractivity contribution in [1.29, 1.82) is 0 Å². The monoisotopic (exact) mass is 293 g/mol. The second kappa shape index (κ2) is 6.73. The number of nitrogens with zero attached hydrogens (tertiary/aromatic N) is 1. The topological polar surface area (TPSA) is 20.3 Å². The highest BCUT2D eigenvalue weighted by Gasteiger charge is 2.44. The van der Waals surface area contributed by atoms with Crippen LogP contribution in [0.15, 0.2) is 24.3 Å². The quantitative estimate of drug-likeness (QED) is 0.787. The lowest BCUT2D eigenvalue weighted by atomic mass is 9.86. The molecule has 3 heteroatoms. The molecule has 0 aromatic heterocycles. The Bertz CT molecular complexity index is 462. The highest BCUT2D eigenvalue weighted by Crippen LogP contribution is 2.37. The average molecular weight is 294 g/mol. The van der Waals surface area contributed by atoms with Crippen LogP contribution in [0.4, 0.5) is 0 Å². The number of likely N-dealkylation sites (N-methyl/N-ethyl adjacent to an activating group) is 1. The second-order valence-electron chi connectivity index (χ2n) is 5.60. The number of halogens is 1. The van der Waals surface area contributed by atoms with Crippen LogP contribution in [-0.4, -0.2) is 29.3 Å². The van der Waals surface area contributed by atoms with Crippen molar-refractivity contribution in [3.05, 3.63) is 34.9 Å². The Kier molecular flexibility index (Phi) is 5.22. The van der Waals surface area contributed by atoms with E-state index in [1.54, 1.807) is 0 Å². The molecule has 0 N–H and O–H groups in total. The van der Waals surface area contributed by atoms with Crippen LogP contribution in [0.1, 0.15) is 45.1 Å². The van der Waals surface area contributed by atoms with Gasteiger partial charge in [0.15, 0.2) is 5.78 Å². The molecule has 110 valence electrons. The molecular formula is C17H24ClNO. The Morgan fingerprint density at radius 2 is 1.80 bits per heavy atom. The molecule has 2 rings (SSSR count). The zero-order valence-electron chi connectivity index (χ0n) is 12.5. The summed E-state index contributed by atoms with van der Waals surface area (Å²) in [6, 6.07) is 7.69. The molecule has 0 saturated heterocycles. The molecule has 0 aliphatic heterocycles. The van der Waals surface area contributed by atoms with Crippen LogP contribution in [0, 0.1) is 0 Å². The van der Waals surface area contributed by atoms with Crippen LogP contribution >= 0.6 is 11.6 Å². The van der Waals surface area contributed by atoms with Gasteiger partial charge in [0.05, 0.1) is 5.54 Å². The minimum atomic E-state index is -0.247. The van der Waals surface area contributed by atoms with Crippen molar-refractivity contribution in [1.82, 2.24) is 4.90 Å². The molecule has 0 radical (unpaired) electrons. The lowest BCUT2D eigenvalue weighted by molar-refractivity contribution is -0.130. The van der Waals surface area contributed by atoms with E-state index in [1.165, 1.54) is 0 Å². The number of carbonyl (C=O) groups excluding carboxylic acids is 1. The summed E-state index contributed by atoms with van der Waals surface area (Å²) in [7, 11) is 0. The number of hydrogen-bond acceptors (Lipinski definition) is 2. The standard InChI is InChI=1S/C17H24ClNO/c1-3-19(4-2)17(11-7-8-12-17)16(20)13-14-9-5-6-10-15(14)18/h5-6,9-10H,3-4,7-8,11-13H2,1-2H3. The highest BCUT2D eigenvalue weighted by molar-refractivity contribution is 6.31. The van der Waals surface area contributed by atoms with Crippen LogP contribution in [0.25, 0.3) is 0 Å². The smallest absolute Gasteiger partial charge is 0.157 e. The number of rotatable bonds is 6. The zero-order chi connectivity index (χ0) is 14.6. The normalized spacial score (nSPS) is 17.6. The molecule has 1 aromatic carbocycles. The number of Topliss-reactive ketones (excluding diaryl/α,β-unsaturated/α-hetero) is 1. The molecule has 1 aromatic rings. The van der Waals surface area contributed by atoms with Gasteiger partial charge in [-0.05, 0) is 37.6 Å². The lowest BCUT2D eigenvalue weighted by Gasteiger charge is -2.39. The van der Waals surface area contributed by atoms with E-state index < -0.39 is 0 Å². The maximum absolute atomic E-state index is 12.9. The van der Waals surface area contributed by atoms with Gasteiger partial charge in [-0.1, -0.05) is 56.5 Å². The van der Waals surface area contributed by atoms with Crippen LogP contribution < -0.4 is 0 Å². The van der Waals surface area contributed by atoms with Crippen LogP contribution in [0.5, 0.6) is 0 Å². The van der Waals surface area contributed by atoms with Gasteiger partial charge >= 0.3 is 0 Å². The van der Waals surface area contributed by atoms with Gasteiger partial charge in [0.25, 0.3) is 0 Å². The Hall–Kier alpha value is -0.860. The Labute approximate surface area is 127 Å². The molecule has 0 bridgehead atoms. The fourth-order valence-electron chi connectivity index (χ4n) is 3.54. The largest absolute Gasteiger partial charge is 0.297 e. The average Bonchev–Trinajstić information content (AvgIpc) is 2.93. The minimum Gasteiger partial charge on any atom is -0.297 e. The van der Waals surface area contributed by atoms with Crippen molar-refractivity contribution in [2.45, 2.75) is 51.5 Å². The molecule has 0 atom stereocenters. The molecule has 0 spiro atoms. The van der Waals surface area contributed by atoms with Gasteiger partial charge in [0.1, 0.15) is 0 Å². The molecule has 20 heavy (non-hydrogen) atoms. The van der Waals surface area contributed by atoms with Crippen LogP contribution in [0.2, 0.25) is 5.02 Å². The Balaban J connectivity index is 2.22. The first kappa shape index (κ1) is 15.5. The minimum absolute atomic E-state index is 0.247.